The van der Waals surface area contributed by atoms with Crippen LogP contribution in [0.5, 0.6) is 5.75 Å². The Morgan fingerprint density at radius 2 is 2.18 bits per heavy atom. The van der Waals surface area contributed by atoms with Gasteiger partial charge in [0.15, 0.2) is 0 Å². The fourth-order valence-electron chi connectivity index (χ4n) is 1.15. The lowest BCUT2D eigenvalue weighted by Crippen LogP contribution is -2.11. The zero-order valence-electron chi connectivity index (χ0n) is 9.16. The number of aromatic hydroxyl groups is 1. The molecule has 1 rings (SSSR count). The van der Waals surface area contributed by atoms with E-state index in [0.717, 1.165) is 0 Å². The van der Waals surface area contributed by atoms with Gasteiger partial charge in [-0.15, -0.1) is 0 Å². The number of carbonyl (C=O) groups is 1. The van der Waals surface area contributed by atoms with Gasteiger partial charge in [-0.05, 0) is 6.07 Å². The molecule has 0 aromatic heterocycles. The number of hydrogen-bond acceptors (Lipinski definition) is 5. The van der Waals surface area contributed by atoms with Gasteiger partial charge in [0.1, 0.15) is 5.75 Å². The Balaban J connectivity index is 2.88. The molecule has 0 bridgehead atoms. The van der Waals surface area contributed by atoms with Gasteiger partial charge in [0, 0.05) is 12.6 Å². The summed E-state index contributed by atoms with van der Waals surface area (Å²) in [5, 5.41) is 23.7. The minimum atomic E-state index is -0.701. The van der Waals surface area contributed by atoms with Crippen LogP contribution in [-0.2, 0) is 4.74 Å². The molecule has 0 atom stereocenters. The molecule has 0 aliphatic heterocycles. The summed E-state index contributed by atoms with van der Waals surface area (Å²) >= 11 is 5.92. The number of methoxy groups -OCH3 is 1. The van der Waals surface area contributed by atoms with Crippen LogP contribution in [0.2, 0.25) is 5.02 Å². The minimum absolute atomic E-state index is 0.0563. The molecule has 0 fully saturated rings. The molecule has 0 unspecified atom stereocenters. The van der Waals surface area contributed by atoms with Crippen LogP contribution in [0.3, 0.4) is 0 Å². The first kappa shape index (κ1) is 13.4. The molecular formula is C10H13ClN2O4. The number of aliphatic hydroxyl groups is 1. The standard InChI is InChI=1S/C10H13ClN2O4/c1-17-10(16)13-8-4-6(11)7(5-9(8)15)12-2-3-14/h4-5,12,14-15H,2-3H2,1H3,(H,13,16). The van der Waals surface area contributed by atoms with E-state index in [9.17, 15) is 9.90 Å². The molecule has 6 nitrogen and oxygen atoms in total. The summed E-state index contributed by atoms with van der Waals surface area (Å²) in [5.74, 6) is -0.153. The van der Waals surface area contributed by atoms with Gasteiger partial charge >= 0.3 is 6.09 Å². The first-order valence-corrected chi connectivity index (χ1v) is 5.18. The summed E-state index contributed by atoms with van der Waals surface area (Å²) in [7, 11) is 1.21. The second-order valence-corrected chi connectivity index (χ2v) is 3.52. The molecule has 0 aliphatic rings. The van der Waals surface area contributed by atoms with E-state index < -0.39 is 6.09 Å². The lowest BCUT2D eigenvalue weighted by molar-refractivity contribution is 0.187. The quantitative estimate of drug-likeness (QED) is 0.618. The van der Waals surface area contributed by atoms with Crippen LogP contribution in [0.15, 0.2) is 12.1 Å². The second kappa shape index (κ2) is 6.17. The number of phenols is 1. The summed E-state index contributed by atoms with van der Waals surface area (Å²) in [6, 6.07) is 2.73. The summed E-state index contributed by atoms with van der Waals surface area (Å²) in [6.45, 7) is 0.252. The maximum atomic E-state index is 11.0. The Kier molecular flexibility index (Phi) is 4.86. The van der Waals surface area contributed by atoms with Crippen molar-refractivity contribution in [1.29, 1.82) is 0 Å². The van der Waals surface area contributed by atoms with Gasteiger partial charge in [-0.3, -0.25) is 5.32 Å². The molecule has 0 spiro atoms. The molecule has 1 amide bonds. The van der Waals surface area contributed by atoms with Gasteiger partial charge in [-0.2, -0.15) is 0 Å². The Morgan fingerprint density at radius 1 is 1.47 bits per heavy atom. The Labute approximate surface area is 103 Å². The van der Waals surface area contributed by atoms with E-state index in [-0.39, 0.29) is 18.0 Å². The topological polar surface area (TPSA) is 90.8 Å². The molecule has 17 heavy (non-hydrogen) atoms. The van der Waals surface area contributed by atoms with Gasteiger partial charge < -0.3 is 20.3 Å². The van der Waals surface area contributed by atoms with Gasteiger partial charge in [0.05, 0.1) is 30.1 Å². The Hall–Kier alpha value is -1.66. The number of carbonyl (C=O) groups excluding carboxylic acids is 1. The lowest BCUT2D eigenvalue weighted by Gasteiger charge is -2.11. The van der Waals surface area contributed by atoms with Crippen molar-refractivity contribution in [3.05, 3.63) is 17.2 Å². The third kappa shape index (κ3) is 3.69. The average Bonchev–Trinajstić information content (AvgIpc) is 2.31. The highest BCUT2D eigenvalue weighted by Crippen LogP contribution is 2.33. The maximum absolute atomic E-state index is 11.0. The average molecular weight is 261 g/mol. The maximum Gasteiger partial charge on any atom is 0.411 e. The normalized spacial score (nSPS) is 9.82. The number of anilines is 2. The molecule has 0 aliphatic carbocycles. The number of hydrogen-bond donors (Lipinski definition) is 4. The van der Waals surface area contributed by atoms with E-state index in [1.54, 1.807) is 0 Å². The smallest absolute Gasteiger partial charge is 0.411 e. The first-order chi connectivity index (χ1) is 8.08. The van der Waals surface area contributed by atoms with E-state index in [1.807, 2.05) is 0 Å². The predicted molar refractivity (Wildman–Crippen MR) is 64.7 cm³/mol. The molecule has 0 saturated heterocycles. The number of aliphatic hydroxyl groups excluding tert-OH is 1. The zero-order valence-corrected chi connectivity index (χ0v) is 9.91. The van der Waals surface area contributed by atoms with E-state index in [4.69, 9.17) is 16.7 Å². The second-order valence-electron chi connectivity index (χ2n) is 3.12. The van der Waals surface area contributed by atoms with Crippen LogP contribution < -0.4 is 10.6 Å². The number of ether oxygens (including phenoxy) is 1. The summed E-state index contributed by atoms with van der Waals surface area (Å²) in [6.07, 6.45) is -0.701. The summed E-state index contributed by atoms with van der Waals surface area (Å²) in [5.41, 5.74) is 0.616. The highest BCUT2D eigenvalue weighted by atomic mass is 35.5. The number of halogens is 1. The SMILES string of the molecule is COC(=O)Nc1cc(Cl)c(NCCO)cc1O. The van der Waals surface area contributed by atoms with Crippen molar-refractivity contribution in [3.8, 4) is 5.75 Å². The zero-order chi connectivity index (χ0) is 12.8. The van der Waals surface area contributed by atoms with Crippen LogP contribution in [0.1, 0.15) is 0 Å². The van der Waals surface area contributed by atoms with Gasteiger partial charge in [-0.1, -0.05) is 11.6 Å². The fourth-order valence-corrected chi connectivity index (χ4v) is 1.38. The summed E-state index contributed by atoms with van der Waals surface area (Å²) in [4.78, 5) is 11.0. The molecule has 4 N–H and O–H groups in total. The third-order valence-electron chi connectivity index (χ3n) is 1.93. The van der Waals surface area contributed by atoms with Crippen LogP contribution in [-0.4, -0.2) is 36.6 Å². The van der Waals surface area contributed by atoms with Crippen LogP contribution >= 0.6 is 11.6 Å². The highest BCUT2D eigenvalue weighted by molar-refractivity contribution is 6.33. The first-order valence-electron chi connectivity index (χ1n) is 4.80. The lowest BCUT2D eigenvalue weighted by atomic mass is 10.2. The predicted octanol–water partition coefficient (Wildman–Crippen LogP) is 1.63. The van der Waals surface area contributed by atoms with Crippen molar-refractivity contribution in [1.82, 2.24) is 0 Å². The molecule has 7 heteroatoms. The van der Waals surface area contributed by atoms with Gasteiger partial charge in [0.25, 0.3) is 0 Å². The van der Waals surface area contributed by atoms with Crippen molar-refractivity contribution in [2.45, 2.75) is 0 Å². The monoisotopic (exact) mass is 260 g/mol. The molecule has 0 radical (unpaired) electrons. The Bertz CT molecular complexity index is 412. The number of amides is 1. The highest BCUT2D eigenvalue weighted by Gasteiger charge is 2.10. The molecule has 94 valence electrons. The molecule has 0 heterocycles. The number of benzene rings is 1. The molecule has 0 saturated carbocycles. The van der Waals surface area contributed by atoms with Crippen LogP contribution in [0, 0.1) is 0 Å². The van der Waals surface area contributed by atoms with Crippen LogP contribution in [0.25, 0.3) is 0 Å². The third-order valence-corrected chi connectivity index (χ3v) is 2.25. The number of phenolic OH excluding ortho intramolecular Hbond substituents is 1. The number of nitrogens with one attached hydrogen (secondary N) is 2. The molecule has 1 aromatic rings. The largest absolute Gasteiger partial charge is 0.506 e. The van der Waals surface area contributed by atoms with Crippen LogP contribution in [0.4, 0.5) is 16.2 Å². The Morgan fingerprint density at radius 3 is 2.76 bits per heavy atom. The van der Waals surface area contributed by atoms with Crippen molar-refractivity contribution >= 4 is 29.1 Å². The van der Waals surface area contributed by atoms with Crippen molar-refractivity contribution in [2.75, 3.05) is 30.9 Å². The van der Waals surface area contributed by atoms with E-state index in [1.165, 1.54) is 19.2 Å². The van der Waals surface area contributed by atoms with Crippen molar-refractivity contribution < 1.29 is 19.7 Å². The molecule has 1 aromatic carbocycles. The van der Waals surface area contributed by atoms with Gasteiger partial charge in [-0.25, -0.2) is 4.79 Å². The van der Waals surface area contributed by atoms with E-state index in [0.29, 0.717) is 17.3 Å². The number of rotatable bonds is 4. The van der Waals surface area contributed by atoms with E-state index in [2.05, 4.69) is 15.4 Å². The van der Waals surface area contributed by atoms with Crippen molar-refractivity contribution in [2.24, 2.45) is 0 Å². The van der Waals surface area contributed by atoms with Crippen molar-refractivity contribution in [3.63, 3.8) is 0 Å². The van der Waals surface area contributed by atoms with Gasteiger partial charge in [0.2, 0.25) is 0 Å². The summed E-state index contributed by atoms with van der Waals surface area (Å²) < 4.78 is 4.39. The fraction of sp³-hybridized carbons (Fsp3) is 0.300. The molecular weight excluding hydrogens is 248 g/mol. The minimum Gasteiger partial charge on any atom is -0.506 e. The van der Waals surface area contributed by atoms with E-state index >= 15 is 0 Å².